The molecule has 1 atom stereocenters. The molecule has 0 amide bonds. The molecule has 3 heterocycles. The Bertz CT molecular complexity index is 805. The zero-order chi connectivity index (χ0) is 18.3. The molecule has 0 radical (unpaired) electrons. The number of benzene rings is 1. The maximum Gasteiger partial charge on any atom is 0.433 e. The first-order valence-electron chi connectivity index (χ1n) is 8.64. The van der Waals surface area contributed by atoms with E-state index in [0.717, 1.165) is 30.0 Å². The van der Waals surface area contributed by atoms with E-state index in [1.807, 2.05) is 24.3 Å². The summed E-state index contributed by atoms with van der Waals surface area (Å²) in [7, 11) is 0. The van der Waals surface area contributed by atoms with Crippen molar-refractivity contribution in [2.45, 2.75) is 31.7 Å². The van der Waals surface area contributed by atoms with Crippen LogP contribution in [-0.2, 0) is 12.7 Å². The SMILES string of the molecule is OC1CN(c2cc(C(F)(F)F)nc(N3CCCC3)n2)Cc2ccccc21. The van der Waals surface area contributed by atoms with Gasteiger partial charge >= 0.3 is 6.18 Å². The van der Waals surface area contributed by atoms with Crippen LogP contribution in [0.4, 0.5) is 24.9 Å². The first-order valence-corrected chi connectivity index (χ1v) is 8.64. The van der Waals surface area contributed by atoms with Crippen LogP contribution in [0, 0.1) is 0 Å². The first kappa shape index (κ1) is 17.1. The monoisotopic (exact) mass is 364 g/mol. The van der Waals surface area contributed by atoms with E-state index in [9.17, 15) is 18.3 Å². The van der Waals surface area contributed by atoms with Gasteiger partial charge < -0.3 is 14.9 Å². The van der Waals surface area contributed by atoms with Gasteiger partial charge in [-0.25, -0.2) is 4.98 Å². The molecule has 1 aromatic carbocycles. The Balaban J connectivity index is 1.72. The summed E-state index contributed by atoms with van der Waals surface area (Å²) in [5.41, 5.74) is 0.757. The second-order valence-corrected chi connectivity index (χ2v) is 6.70. The van der Waals surface area contributed by atoms with Crippen LogP contribution in [0.1, 0.15) is 35.8 Å². The van der Waals surface area contributed by atoms with Gasteiger partial charge in [-0.1, -0.05) is 24.3 Å². The molecule has 2 aliphatic heterocycles. The average molecular weight is 364 g/mol. The van der Waals surface area contributed by atoms with Crippen molar-refractivity contribution >= 4 is 11.8 Å². The highest BCUT2D eigenvalue weighted by molar-refractivity contribution is 5.50. The lowest BCUT2D eigenvalue weighted by molar-refractivity contribution is -0.141. The van der Waals surface area contributed by atoms with Crippen molar-refractivity contribution in [1.29, 1.82) is 0 Å². The molecule has 1 unspecified atom stereocenters. The van der Waals surface area contributed by atoms with Crippen LogP contribution in [0.25, 0.3) is 0 Å². The molecule has 5 nitrogen and oxygen atoms in total. The smallest absolute Gasteiger partial charge is 0.387 e. The zero-order valence-corrected chi connectivity index (χ0v) is 14.1. The van der Waals surface area contributed by atoms with Gasteiger partial charge in [0.15, 0.2) is 5.69 Å². The summed E-state index contributed by atoms with van der Waals surface area (Å²) in [6, 6.07) is 8.38. The van der Waals surface area contributed by atoms with E-state index in [0.29, 0.717) is 19.6 Å². The summed E-state index contributed by atoms with van der Waals surface area (Å²) < 4.78 is 40.0. The van der Waals surface area contributed by atoms with Crippen molar-refractivity contribution in [1.82, 2.24) is 9.97 Å². The van der Waals surface area contributed by atoms with Crippen LogP contribution >= 0.6 is 0 Å². The summed E-state index contributed by atoms with van der Waals surface area (Å²) in [4.78, 5) is 11.6. The molecule has 2 aliphatic rings. The van der Waals surface area contributed by atoms with Crippen LogP contribution in [0.3, 0.4) is 0 Å². The topological polar surface area (TPSA) is 52.5 Å². The Labute approximate surface area is 149 Å². The van der Waals surface area contributed by atoms with E-state index in [4.69, 9.17) is 0 Å². The van der Waals surface area contributed by atoms with Gasteiger partial charge in [-0.15, -0.1) is 0 Å². The lowest BCUT2D eigenvalue weighted by Gasteiger charge is -2.33. The molecule has 4 rings (SSSR count). The Kier molecular flexibility index (Phi) is 4.22. The van der Waals surface area contributed by atoms with Gasteiger partial charge in [-0.3, -0.25) is 0 Å². The highest BCUT2D eigenvalue weighted by Gasteiger charge is 2.36. The minimum Gasteiger partial charge on any atom is -0.387 e. The molecule has 1 fully saturated rings. The molecule has 26 heavy (non-hydrogen) atoms. The van der Waals surface area contributed by atoms with Gasteiger partial charge in [0.05, 0.1) is 6.10 Å². The van der Waals surface area contributed by atoms with E-state index < -0.39 is 18.0 Å². The van der Waals surface area contributed by atoms with Crippen molar-refractivity contribution in [3.05, 3.63) is 47.2 Å². The van der Waals surface area contributed by atoms with Crippen LogP contribution in [0.15, 0.2) is 30.3 Å². The van der Waals surface area contributed by atoms with Gasteiger partial charge in [0.1, 0.15) is 5.82 Å². The molecular formula is C18H19F3N4O. The number of aliphatic hydroxyl groups is 1. The van der Waals surface area contributed by atoms with Gasteiger partial charge in [0.2, 0.25) is 5.95 Å². The maximum absolute atomic E-state index is 13.3. The number of fused-ring (bicyclic) bond motifs is 1. The molecule has 0 bridgehead atoms. The highest BCUT2D eigenvalue weighted by Crippen LogP contribution is 2.34. The number of aliphatic hydroxyl groups excluding tert-OH is 1. The van der Waals surface area contributed by atoms with Crippen molar-refractivity contribution < 1.29 is 18.3 Å². The number of aromatic nitrogens is 2. The van der Waals surface area contributed by atoms with Crippen LogP contribution in [0.2, 0.25) is 0 Å². The van der Waals surface area contributed by atoms with Crippen molar-refractivity contribution in [3.63, 3.8) is 0 Å². The number of hydrogen-bond acceptors (Lipinski definition) is 5. The van der Waals surface area contributed by atoms with E-state index in [-0.39, 0.29) is 18.3 Å². The minimum atomic E-state index is -4.54. The number of hydrogen-bond donors (Lipinski definition) is 1. The molecule has 8 heteroatoms. The maximum atomic E-state index is 13.3. The van der Waals surface area contributed by atoms with E-state index >= 15 is 0 Å². The quantitative estimate of drug-likeness (QED) is 0.887. The predicted octanol–water partition coefficient (Wildman–Crippen LogP) is 3.15. The average Bonchev–Trinajstić information content (AvgIpc) is 3.15. The van der Waals surface area contributed by atoms with Gasteiger partial charge in [-0.2, -0.15) is 18.2 Å². The summed E-state index contributed by atoms with van der Waals surface area (Å²) >= 11 is 0. The van der Waals surface area contributed by atoms with Crippen molar-refractivity contribution in [2.24, 2.45) is 0 Å². The zero-order valence-electron chi connectivity index (χ0n) is 14.1. The van der Waals surface area contributed by atoms with Crippen molar-refractivity contribution in [3.8, 4) is 0 Å². The Morgan fingerprint density at radius 3 is 2.50 bits per heavy atom. The number of halogens is 3. The molecule has 0 saturated carbocycles. The molecule has 1 saturated heterocycles. The van der Waals surface area contributed by atoms with Gasteiger partial charge in [-0.05, 0) is 24.0 Å². The van der Waals surface area contributed by atoms with Gasteiger partial charge in [0, 0.05) is 32.2 Å². The normalized spacial score (nSPS) is 20.4. The Morgan fingerprint density at radius 1 is 1.04 bits per heavy atom. The number of rotatable bonds is 2. The van der Waals surface area contributed by atoms with Crippen LogP contribution < -0.4 is 9.80 Å². The van der Waals surface area contributed by atoms with Crippen molar-refractivity contribution in [2.75, 3.05) is 29.4 Å². The first-order chi connectivity index (χ1) is 12.4. The Morgan fingerprint density at radius 2 is 1.77 bits per heavy atom. The highest BCUT2D eigenvalue weighted by atomic mass is 19.4. The molecule has 2 aromatic rings. The molecule has 1 N–H and O–H groups in total. The number of alkyl halides is 3. The molecule has 0 aliphatic carbocycles. The third-order valence-electron chi connectivity index (χ3n) is 4.87. The minimum absolute atomic E-state index is 0.112. The van der Waals surface area contributed by atoms with E-state index in [1.54, 1.807) is 9.80 Å². The summed E-state index contributed by atoms with van der Waals surface area (Å²) in [5.74, 6) is 0.309. The number of nitrogens with zero attached hydrogens (tertiary/aromatic N) is 4. The number of anilines is 2. The fourth-order valence-electron chi connectivity index (χ4n) is 3.54. The Hall–Kier alpha value is -2.35. The third-order valence-corrected chi connectivity index (χ3v) is 4.87. The fraction of sp³-hybridized carbons (Fsp3) is 0.444. The van der Waals surface area contributed by atoms with Crippen LogP contribution in [0.5, 0.6) is 0 Å². The number of β-amino-alcohol motifs (C(OH)–C–C–N with tert-alkyl or cyclic N) is 1. The molecule has 138 valence electrons. The second-order valence-electron chi connectivity index (χ2n) is 6.70. The summed E-state index contributed by atoms with van der Waals surface area (Å²) in [6.07, 6.45) is -3.46. The molecule has 1 aromatic heterocycles. The lowest BCUT2D eigenvalue weighted by Crippen LogP contribution is -2.35. The van der Waals surface area contributed by atoms with E-state index in [1.165, 1.54) is 0 Å². The predicted molar refractivity (Wildman–Crippen MR) is 90.9 cm³/mol. The summed E-state index contributed by atoms with van der Waals surface area (Å²) in [5, 5.41) is 10.4. The van der Waals surface area contributed by atoms with E-state index in [2.05, 4.69) is 9.97 Å². The fourth-order valence-corrected chi connectivity index (χ4v) is 3.54. The second kappa shape index (κ2) is 6.42. The largest absolute Gasteiger partial charge is 0.433 e. The third kappa shape index (κ3) is 3.21. The lowest BCUT2D eigenvalue weighted by atomic mass is 9.97. The summed E-state index contributed by atoms with van der Waals surface area (Å²) in [6.45, 7) is 1.92. The van der Waals surface area contributed by atoms with Gasteiger partial charge in [0.25, 0.3) is 0 Å². The van der Waals surface area contributed by atoms with Crippen LogP contribution in [-0.4, -0.2) is 34.7 Å². The molecule has 0 spiro atoms. The standard InChI is InChI=1S/C18H19F3N4O/c19-18(20,21)15-9-16(23-17(22-15)24-7-3-4-8-24)25-10-12-5-1-2-6-13(12)14(26)11-25/h1-2,5-6,9,14,26H,3-4,7-8,10-11H2. The molecular weight excluding hydrogens is 345 g/mol.